The molecule has 11 N–H and O–H groups in total. The van der Waals surface area contributed by atoms with Crippen LogP contribution in [0.15, 0.2) is 51.7 Å². The highest BCUT2D eigenvalue weighted by Gasteiger charge is 2.61. The molecule has 5 rings (SSSR count). The standard InChI is InChI=1S/C28H24O16/c29-8-18-21(37)23(39)27(41)28(43-18,26(40)10-4-15(34)20(36)16(35)5-10)44-25-22(38)19-14(33)6-11(30)7-17(19)42-24(25)9-1-2-12(31)13(32)3-9/h1-7,18,21,23,27,29-37,39,41H,8H2/t18-,21-,23+,27-,28+/m1/s1. The van der Waals surface area contributed by atoms with Crippen LogP contribution in [0, 0.1) is 0 Å². The van der Waals surface area contributed by atoms with Gasteiger partial charge in [0, 0.05) is 23.3 Å². The number of carbonyl (C=O) groups is 1. The van der Waals surface area contributed by atoms with Gasteiger partial charge in [-0.2, -0.15) is 0 Å². The molecule has 5 atom stereocenters. The summed E-state index contributed by atoms with van der Waals surface area (Å²) in [5, 5.41) is 112. The van der Waals surface area contributed by atoms with Crippen LogP contribution in [0.3, 0.4) is 0 Å². The van der Waals surface area contributed by atoms with Crippen LogP contribution in [-0.4, -0.2) is 98.8 Å². The first-order valence-corrected chi connectivity index (χ1v) is 12.6. The molecule has 16 heteroatoms. The molecule has 0 spiro atoms. The second kappa shape index (κ2) is 10.8. The Kier molecular flexibility index (Phi) is 7.40. The molecule has 0 unspecified atom stereocenters. The van der Waals surface area contributed by atoms with Gasteiger partial charge in [-0.25, -0.2) is 0 Å². The molecule has 1 aromatic heterocycles. The van der Waals surface area contributed by atoms with Crippen molar-refractivity contribution in [2.75, 3.05) is 6.61 Å². The summed E-state index contributed by atoms with van der Waals surface area (Å²) in [5.41, 5.74) is -2.67. The number of phenols is 7. The van der Waals surface area contributed by atoms with Gasteiger partial charge in [0.1, 0.15) is 40.8 Å². The summed E-state index contributed by atoms with van der Waals surface area (Å²) < 4.78 is 17.0. The fraction of sp³-hybridized carbons (Fsp3) is 0.214. The number of aliphatic hydroxyl groups is 4. The molecule has 1 saturated heterocycles. The molecular formula is C28H24O16. The van der Waals surface area contributed by atoms with Gasteiger partial charge in [0.2, 0.25) is 17.0 Å². The van der Waals surface area contributed by atoms with Gasteiger partial charge >= 0.3 is 5.79 Å². The summed E-state index contributed by atoms with van der Waals surface area (Å²) in [4.78, 5) is 27.9. The molecule has 232 valence electrons. The molecule has 4 aromatic rings. The third-order valence-corrected chi connectivity index (χ3v) is 7.01. The van der Waals surface area contributed by atoms with Crippen molar-refractivity contribution < 1.29 is 74.9 Å². The lowest BCUT2D eigenvalue weighted by molar-refractivity contribution is -0.312. The average molecular weight is 616 g/mol. The van der Waals surface area contributed by atoms with Crippen molar-refractivity contribution in [2.24, 2.45) is 0 Å². The molecular weight excluding hydrogens is 592 g/mol. The zero-order valence-corrected chi connectivity index (χ0v) is 22.0. The number of ketones is 1. The zero-order chi connectivity index (χ0) is 32.2. The number of carbonyl (C=O) groups excluding carboxylic acids is 1. The summed E-state index contributed by atoms with van der Waals surface area (Å²) in [6.07, 6.45) is -8.77. The van der Waals surface area contributed by atoms with Crippen molar-refractivity contribution in [3.63, 3.8) is 0 Å². The van der Waals surface area contributed by atoms with E-state index in [9.17, 15) is 65.8 Å². The summed E-state index contributed by atoms with van der Waals surface area (Å²) in [7, 11) is 0. The van der Waals surface area contributed by atoms with Gasteiger partial charge in [0.05, 0.1) is 6.61 Å². The maximum absolute atomic E-state index is 14.0. The van der Waals surface area contributed by atoms with Gasteiger partial charge in [0.15, 0.2) is 40.6 Å². The minimum atomic E-state index is -3.30. The molecule has 1 aliphatic rings. The Morgan fingerprint density at radius 3 is 2.09 bits per heavy atom. The van der Waals surface area contributed by atoms with Gasteiger partial charge in [-0.15, -0.1) is 0 Å². The third kappa shape index (κ3) is 4.72. The van der Waals surface area contributed by atoms with E-state index >= 15 is 0 Å². The Balaban J connectivity index is 1.83. The van der Waals surface area contributed by atoms with Crippen LogP contribution < -0.4 is 10.2 Å². The quantitative estimate of drug-likeness (QED) is 0.0990. The van der Waals surface area contributed by atoms with Crippen molar-refractivity contribution in [2.45, 2.75) is 30.2 Å². The predicted molar refractivity (Wildman–Crippen MR) is 144 cm³/mol. The Labute approximate surface area is 244 Å². The molecule has 2 heterocycles. The van der Waals surface area contributed by atoms with Crippen molar-refractivity contribution in [3.05, 3.63) is 58.3 Å². The van der Waals surface area contributed by atoms with Crippen LogP contribution in [0.4, 0.5) is 0 Å². The summed E-state index contributed by atoms with van der Waals surface area (Å²) in [6, 6.07) is 5.92. The number of benzene rings is 3. The Morgan fingerprint density at radius 1 is 0.818 bits per heavy atom. The van der Waals surface area contributed by atoms with E-state index in [1.807, 2.05) is 0 Å². The molecule has 0 bridgehead atoms. The Bertz CT molecular complexity index is 1820. The molecule has 0 saturated carbocycles. The molecule has 1 fully saturated rings. The second-order valence-electron chi connectivity index (χ2n) is 9.86. The monoisotopic (exact) mass is 616 g/mol. The van der Waals surface area contributed by atoms with Crippen LogP contribution in [0.5, 0.6) is 46.0 Å². The Hall–Kier alpha value is -5.26. The maximum Gasteiger partial charge on any atom is 0.305 e. The first kappa shape index (κ1) is 30.2. The molecule has 0 amide bonds. The average Bonchev–Trinajstić information content (AvgIpc) is 2.97. The highest BCUT2D eigenvalue weighted by atomic mass is 16.7. The van der Waals surface area contributed by atoms with Crippen molar-refractivity contribution >= 4 is 16.8 Å². The number of hydrogen-bond acceptors (Lipinski definition) is 16. The van der Waals surface area contributed by atoms with E-state index in [0.717, 1.165) is 30.3 Å². The lowest BCUT2D eigenvalue weighted by Crippen LogP contribution is -2.70. The SMILES string of the molecule is O=C(c1cc(O)c(O)c(O)c1)[C@@]1(Oc2c(-c3ccc(O)c(O)c3)oc3cc(O)cc(O)c3c2=O)O[C@H](CO)[C@@H](O)[C@H](O)[C@H]1O. The van der Waals surface area contributed by atoms with E-state index in [4.69, 9.17) is 13.9 Å². The lowest BCUT2D eigenvalue weighted by Gasteiger charge is -2.46. The Morgan fingerprint density at radius 2 is 1.48 bits per heavy atom. The predicted octanol–water partition coefficient (Wildman–Crippen LogP) is -0.169. The van der Waals surface area contributed by atoms with E-state index in [-0.39, 0.29) is 5.56 Å². The van der Waals surface area contributed by atoms with Gasteiger partial charge in [0.25, 0.3) is 0 Å². The van der Waals surface area contributed by atoms with Gasteiger partial charge in [-0.3, -0.25) is 9.59 Å². The number of fused-ring (bicyclic) bond motifs is 1. The molecule has 0 aliphatic carbocycles. The van der Waals surface area contributed by atoms with Crippen LogP contribution in [0.2, 0.25) is 0 Å². The van der Waals surface area contributed by atoms with E-state index in [1.54, 1.807) is 0 Å². The fourth-order valence-corrected chi connectivity index (χ4v) is 4.76. The van der Waals surface area contributed by atoms with Crippen molar-refractivity contribution in [3.8, 4) is 57.3 Å². The van der Waals surface area contributed by atoms with E-state index in [0.29, 0.717) is 12.1 Å². The van der Waals surface area contributed by atoms with E-state index < -0.39 is 116 Å². The fourth-order valence-electron chi connectivity index (χ4n) is 4.76. The summed E-state index contributed by atoms with van der Waals surface area (Å²) in [6.45, 7) is -1.08. The number of phenolic OH excluding ortho intramolecular Hbond substituents is 7. The number of aliphatic hydroxyl groups excluding tert-OH is 4. The van der Waals surface area contributed by atoms with Crippen LogP contribution >= 0.6 is 0 Å². The number of Topliss-reactive ketones (excluding diaryl/α,β-unsaturated/α-hetero) is 1. The highest BCUT2D eigenvalue weighted by molar-refractivity contribution is 6.03. The summed E-state index contributed by atoms with van der Waals surface area (Å²) in [5.74, 6) is -12.3. The molecule has 1 aliphatic heterocycles. The molecule has 3 aromatic carbocycles. The number of hydrogen-bond donors (Lipinski definition) is 11. The van der Waals surface area contributed by atoms with Gasteiger partial charge in [-0.05, 0) is 30.3 Å². The first-order valence-electron chi connectivity index (χ1n) is 12.6. The third-order valence-electron chi connectivity index (χ3n) is 7.01. The smallest absolute Gasteiger partial charge is 0.305 e. The minimum absolute atomic E-state index is 0.218. The maximum atomic E-state index is 14.0. The minimum Gasteiger partial charge on any atom is -0.508 e. The van der Waals surface area contributed by atoms with Crippen LogP contribution in [0.25, 0.3) is 22.3 Å². The lowest BCUT2D eigenvalue weighted by atomic mass is 9.87. The first-order chi connectivity index (χ1) is 20.7. The van der Waals surface area contributed by atoms with E-state index in [2.05, 4.69) is 0 Å². The van der Waals surface area contributed by atoms with E-state index in [1.165, 1.54) is 0 Å². The number of ether oxygens (including phenoxy) is 2. The molecule has 0 radical (unpaired) electrons. The number of aromatic hydroxyl groups is 7. The topological polar surface area (TPSA) is 288 Å². The molecule has 44 heavy (non-hydrogen) atoms. The normalized spacial score (nSPS) is 23.5. The number of rotatable bonds is 6. The zero-order valence-electron chi connectivity index (χ0n) is 22.0. The highest BCUT2D eigenvalue weighted by Crippen LogP contribution is 2.43. The van der Waals surface area contributed by atoms with Gasteiger partial charge in [-0.1, -0.05) is 0 Å². The molecule has 16 nitrogen and oxygen atoms in total. The van der Waals surface area contributed by atoms with Crippen molar-refractivity contribution in [1.29, 1.82) is 0 Å². The largest absolute Gasteiger partial charge is 0.508 e. The second-order valence-corrected chi connectivity index (χ2v) is 9.86. The summed E-state index contributed by atoms with van der Waals surface area (Å²) >= 11 is 0. The van der Waals surface area contributed by atoms with Crippen LogP contribution in [0.1, 0.15) is 10.4 Å². The van der Waals surface area contributed by atoms with Crippen molar-refractivity contribution in [1.82, 2.24) is 0 Å². The van der Waals surface area contributed by atoms with Crippen LogP contribution in [-0.2, 0) is 4.74 Å². The van der Waals surface area contributed by atoms with Gasteiger partial charge < -0.3 is 70.1 Å².